The molecule has 0 saturated carbocycles. The SMILES string of the molecule is CCc1sc2nc(-c3cccnc3)[nH]c(=O)c2c1-c1ccc(Cl)c(Cl)c1. The molecular weight excluding hydrogens is 389 g/mol. The Labute approximate surface area is 163 Å². The van der Waals surface area contributed by atoms with E-state index in [1.165, 1.54) is 11.3 Å². The van der Waals surface area contributed by atoms with E-state index >= 15 is 0 Å². The first-order valence-electron chi connectivity index (χ1n) is 8.00. The van der Waals surface area contributed by atoms with Crippen LogP contribution in [-0.2, 0) is 6.42 Å². The van der Waals surface area contributed by atoms with E-state index in [1.807, 2.05) is 18.2 Å². The zero-order chi connectivity index (χ0) is 18.3. The quantitative estimate of drug-likeness (QED) is 0.487. The summed E-state index contributed by atoms with van der Waals surface area (Å²) in [5, 5.41) is 1.53. The molecule has 1 N–H and O–H groups in total. The number of hydrogen-bond donors (Lipinski definition) is 1. The van der Waals surface area contributed by atoms with Crippen molar-refractivity contribution >= 4 is 44.8 Å². The van der Waals surface area contributed by atoms with Gasteiger partial charge in [-0.1, -0.05) is 36.2 Å². The van der Waals surface area contributed by atoms with Crippen LogP contribution in [0.15, 0.2) is 47.5 Å². The van der Waals surface area contributed by atoms with Gasteiger partial charge in [0, 0.05) is 28.4 Å². The fourth-order valence-electron chi connectivity index (χ4n) is 2.90. The van der Waals surface area contributed by atoms with Crippen LogP contribution in [0, 0.1) is 0 Å². The Kier molecular flexibility index (Phi) is 4.53. The van der Waals surface area contributed by atoms with Gasteiger partial charge in [-0.05, 0) is 36.2 Å². The molecule has 0 bridgehead atoms. The van der Waals surface area contributed by atoms with Gasteiger partial charge < -0.3 is 4.98 Å². The van der Waals surface area contributed by atoms with Crippen LogP contribution >= 0.6 is 34.5 Å². The number of halogens is 2. The van der Waals surface area contributed by atoms with Crippen LogP contribution in [0.25, 0.3) is 32.7 Å². The number of fused-ring (bicyclic) bond motifs is 1. The molecule has 0 amide bonds. The molecule has 0 radical (unpaired) electrons. The van der Waals surface area contributed by atoms with Gasteiger partial charge in [0.15, 0.2) is 0 Å². The van der Waals surface area contributed by atoms with Crippen LogP contribution < -0.4 is 5.56 Å². The van der Waals surface area contributed by atoms with E-state index in [9.17, 15) is 4.79 Å². The highest BCUT2D eigenvalue weighted by molar-refractivity contribution is 7.19. The maximum Gasteiger partial charge on any atom is 0.260 e. The predicted octanol–water partition coefficient (Wildman–Crippen LogP) is 5.58. The summed E-state index contributed by atoms with van der Waals surface area (Å²) in [7, 11) is 0. The van der Waals surface area contributed by atoms with Gasteiger partial charge in [0.1, 0.15) is 10.7 Å². The second kappa shape index (κ2) is 6.83. The first-order chi connectivity index (χ1) is 12.6. The average molecular weight is 402 g/mol. The molecule has 4 rings (SSSR count). The van der Waals surface area contributed by atoms with Crippen LogP contribution in [0.5, 0.6) is 0 Å². The fourth-order valence-corrected chi connectivity index (χ4v) is 4.33. The Hall–Kier alpha value is -2.21. The maximum atomic E-state index is 12.9. The Bertz CT molecular complexity index is 1170. The minimum Gasteiger partial charge on any atom is -0.306 e. The molecule has 4 aromatic rings. The van der Waals surface area contributed by atoms with Gasteiger partial charge in [0.05, 0.1) is 15.4 Å². The highest BCUT2D eigenvalue weighted by Crippen LogP contribution is 2.39. The van der Waals surface area contributed by atoms with Crippen molar-refractivity contribution in [2.75, 3.05) is 0 Å². The second-order valence-corrected chi connectivity index (χ2v) is 7.62. The standard InChI is InChI=1S/C19H13Cl2N3OS/c1-2-14-15(10-5-6-12(20)13(21)8-10)16-18(25)23-17(24-19(16)26-14)11-4-3-7-22-9-11/h3-9H,2H2,1H3,(H,23,24,25). The Morgan fingerprint density at radius 2 is 2.00 bits per heavy atom. The largest absolute Gasteiger partial charge is 0.306 e. The van der Waals surface area contributed by atoms with E-state index in [2.05, 4.69) is 21.9 Å². The monoisotopic (exact) mass is 401 g/mol. The van der Waals surface area contributed by atoms with Crippen LogP contribution in [-0.4, -0.2) is 15.0 Å². The van der Waals surface area contributed by atoms with Crippen molar-refractivity contribution in [2.45, 2.75) is 13.3 Å². The van der Waals surface area contributed by atoms with Crippen LogP contribution in [0.4, 0.5) is 0 Å². The van der Waals surface area contributed by atoms with Crippen LogP contribution in [0.2, 0.25) is 10.0 Å². The number of thiophene rings is 1. The van der Waals surface area contributed by atoms with Crippen molar-refractivity contribution in [1.29, 1.82) is 0 Å². The number of nitrogens with one attached hydrogen (secondary N) is 1. The summed E-state index contributed by atoms with van der Waals surface area (Å²) in [6.45, 7) is 2.06. The molecule has 0 spiro atoms. The number of aryl methyl sites for hydroxylation is 1. The first kappa shape index (κ1) is 17.2. The Balaban J connectivity index is 1.99. The van der Waals surface area contributed by atoms with Crippen molar-refractivity contribution in [3.8, 4) is 22.5 Å². The lowest BCUT2D eigenvalue weighted by Gasteiger charge is -2.05. The van der Waals surface area contributed by atoms with Crippen molar-refractivity contribution in [3.05, 3.63) is 68.0 Å². The highest BCUT2D eigenvalue weighted by atomic mass is 35.5. The number of rotatable bonds is 3. The molecule has 3 heterocycles. The average Bonchev–Trinajstić information content (AvgIpc) is 3.04. The maximum absolute atomic E-state index is 12.9. The highest BCUT2D eigenvalue weighted by Gasteiger charge is 2.19. The number of hydrogen-bond acceptors (Lipinski definition) is 4. The van der Waals surface area contributed by atoms with Crippen molar-refractivity contribution in [1.82, 2.24) is 15.0 Å². The number of aromatic nitrogens is 3. The topological polar surface area (TPSA) is 58.6 Å². The molecule has 130 valence electrons. The molecule has 0 aliphatic heterocycles. The summed E-state index contributed by atoms with van der Waals surface area (Å²) in [4.78, 5) is 26.3. The third-order valence-corrected chi connectivity index (χ3v) is 6.07. The molecule has 0 unspecified atom stereocenters. The van der Waals surface area contributed by atoms with E-state index in [4.69, 9.17) is 23.2 Å². The third-order valence-electron chi connectivity index (χ3n) is 4.10. The molecule has 0 aliphatic carbocycles. The normalized spacial score (nSPS) is 11.2. The number of pyridine rings is 1. The summed E-state index contributed by atoms with van der Waals surface area (Å²) >= 11 is 13.7. The molecular formula is C19H13Cl2N3OS. The summed E-state index contributed by atoms with van der Waals surface area (Å²) < 4.78 is 0. The molecule has 0 aliphatic rings. The predicted molar refractivity (Wildman–Crippen MR) is 108 cm³/mol. The molecule has 3 aromatic heterocycles. The molecule has 0 saturated heterocycles. The molecule has 4 nitrogen and oxygen atoms in total. The third kappa shape index (κ3) is 2.92. The van der Waals surface area contributed by atoms with Gasteiger partial charge in [-0.25, -0.2) is 4.98 Å². The Morgan fingerprint density at radius 3 is 2.69 bits per heavy atom. The smallest absolute Gasteiger partial charge is 0.260 e. The van der Waals surface area contributed by atoms with E-state index in [0.717, 1.165) is 28.0 Å². The molecule has 7 heteroatoms. The van der Waals surface area contributed by atoms with Gasteiger partial charge in [-0.2, -0.15) is 0 Å². The molecule has 0 atom stereocenters. The number of nitrogens with zero attached hydrogens (tertiary/aromatic N) is 2. The van der Waals surface area contributed by atoms with Gasteiger partial charge >= 0.3 is 0 Å². The summed E-state index contributed by atoms with van der Waals surface area (Å²) in [5.41, 5.74) is 2.33. The van der Waals surface area contributed by atoms with Gasteiger partial charge in [0.2, 0.25) is 0 Å². The van der Waals surface area contributed by atoms with Crippen molar-refractivity contribution < 1.29 is 0 Å². The van der Waals surface area contributed by atoms with Crippen LogP contribution in [0.3, 0.4) is 0 Å². The van der Waals surface area contributed by atoms with Gasteiger partial charge in [-0.15, -0.1) is 11.3 Å². The Morgan fingerprint density at radius 1 is 1.15 bits per heavy atom. The van der Waals surface area contributed by atoms with Crippen molar-refractivity contribution in [3.63, 3.8) is 0 Å². The summed E-state index contributed by atoms with van der Waals surface area (Å²) in [5.74, 6) is 0.514. The molecule has 26 heavy (non-hydrogen) atoms. The summed E-state index contributed by atoms with van der Waals surface area (Å²) in [6.07, 6.45) is 4.15. The number of benzene rings is 1. The lowest BCUT2D eigenvalue weighted by Crippen LogP contribution is -2.09. The summed E-state index contributed by atoms with van der Waals surface area (Å²) in [6, 6.07) is 9.09. The fraction of sp³-hybridized carbons (Fsp3) is 0.105. The lowest BCUT2D eigenvalue weighted by atomic mass is 10.0. The van der Waals surface area contributed by atoms with Gasteiger partial charge in [-0.3, -0.25) is 9.78 Å². The van der Waals surface area contributed by atoms with E-state index in [0.29, 0.717) is 26.1 Å². The molecule has 1 aromatic carbocycles. The minimum atomic E-state index is -0.175. The zero-order valence-electron chi connectivity index (χ0n) is 13.7. The zero-order valence-corrected chi connectivity index (χ0v) is 16.0. The first-order valence-corrected chi connectivity index (χ1v) is 9.57. The lowest BCUT2D eigenvalue weighted by molar-refractivity contribution is 1.17. The van der Waals surface area contributed by atoms with E-state index < -0.39 is 0 Å². The minimum absolute atomic E-state index is 0.175. The second-order valence-electron chi connectivity index (χ2n) is 5.72. The van der Waals surface area contributed by atoms with Crippen molar-refractivity contribution in [2.24, 2.45) is 0 Å². The van der Waals surface area contributed by atoms with Gasteiger partial charge in [0.25, 0.3) is 5.56 Å². The van der Waals surface area contributed by atoms with E-state index in [1.54, 1.807) is 24.5 Å². The van der Waals surface area contributed by atoms with Crippen LogP contribution in [0.1, 0.15) is 11.8 Å². The molecule has 0 fully saturated rings. The number of H-pyrrole nitrogens is 1. The number of aromatic amines is 1. The van der Waals surface area contributed by atoms with E-state index in [-0.39, 0.29) is 5.56 Å².